The van der Waals surface area contributed by atoms with Crippen LogP contribution in [0.25, 0.3) is 0 Å². The molecule has 0 atom stereocenters. The van der Waals surface area contributed by atoms with Crippen molar-refractivity contribution in [2.24, 2.45) is 0 Å². The van der Waals surface area contributed by atoms with Crippen molar-refractivity contribution in [1.82, 2.24) is 0 Å². The van der Waals surface area contributed by atoms with Gasteiger partial charge in [-0.15, -0.1) is 0 Å². The van der Waals surface area contributed by atoms with Gasteiger partial charge in [0, 0.05) is 6.08 Å². The molecule has 0 saturated heterocycles. The van der Waals surface area contributed by atoms with E-state index in [-0.39, 0.29) is 5.97 Å². The van der Waals surface area contributed by atoms with E-state index in [1.165, 1.54) is 38.2 Å². The molecule has 0 spiro atoms. The first kappa shape index (κ1) is 14.9. The van der Waals surface area contributed by atoms with Gasteiger partial charge >= 0.3 is 5.97 Å². The third-order valence-corrected chi connectivity index (χ3v) is 2.24. The predicted molar refractivity (Wildman–Crippen MR) is 68.3 cm³/mol. The minimum Gasteiger partial charge on any atom is -0.463 e. The molecule has 0 aliphatic carbocycles. The molecule has 0 saturated carbocycles. The second-order valence-electron chi connectivity index (χ2n) is 3.74. The SMILES string of the molecule is CCCCCCC/C=C\C=C\C(=O)OCC. The molecule has 0 aliphatic rings. The van der Waals surface area contributed by atoms with Crippen LogP contribution in [0.2, 0.25) is 0 Å². The average molecular weight is 224 g/mol. The molecule has 0 heterocycles. The zero-order valence-corrected chi connectivity index (χ0v) is 10.6. The van der Waals surface area contributed by atoms with E-state index >= 15 is 0 Å². The van der Waals surface area contributed by atoms with Crippen LogP contribution >= 0.6 is 0 Å². The van der Waals surface area contributed by atoms with Gasteiger partial charge in [-0.05, 0) is 19.8 Å². The van der Waals surface area contributed by atoms with E-state index in [9.17, 15) is 4.79 Å². The molecule has 2 nitrogen and oxygen atoms in total. The van der Waals surface area contributed by atoms with Gasteiger partial charge < -0.3 is 4.74 Å². The molecule has 0 aliphatic heterocycles. The number of esters is 1. The van der Waals surface area contributed by atoms with E-state index in [2.05, 4.69) is 13.0 Å². The second kappa shape index (κ2) is 12.0. The molecule has 0 rings (SSSR count). The second-order valence-corrected chi connectivity index (χ2v) is 3.74. The Kier molecular flexibility index (Phi) is 11.2. The zero-order chi connectivity index (χ0) is 12.1. The van der Waals surface area contributed by atoms with Crippen molar-refractivity contribution in [2.45, 2.75) is 52.4 Å². The summed E-state index contributed by atoms with van der Waals surface area (Å²) in [5.41, 5.74) is 0. The Bertz CT molecular complexity index is 217. The number of rotatable bonds is 9. The van der Waals surface area contributed by atoms with E-state index < -0.39 is 0 Å². The van der Waals surface area contributed by atoms with E-state index in [0.717, 1.165) is 6.42 Å². The number of unbranched alkanes of at least 4 members (excludes halogenated alkanes) is 5. The Morgan fingerprint density at radius 2 is 1.81 bits per heavy atom. The summed E-state index contributed by atoms with van der Waals surface area (Å²) < 4.78 is 4.75. The van der Waals surface area contributed by atoms with E-state index in [0.29, 0.717) is 6.61 Å². The molecule has 92 valence electrons. The maximum absolute atomic E-state index is 10.9. The number of carbonyl (C=O) groups is 1. The van der Waals surface area contributed by atoms with Crippen LogP contribution in [0.5, 0.6) is 0 Å². The lowest BCUT2D eigenvalue weighted by Crippen LogP contribution is -1.98. The topological polar surface area (TPSA) is 26.3 Å². The van der Waals surface area contributed by atoms with Gasteiger partial charge in [-0.25, -0.2) is 4.79 Å². The fraction of sp³-hybridized carbons (Fsp3) is 0.643. The molecule has 0 aromatic rings. The van der Waals surface area contributed by atoms with Crippen LogP contribution in [0, 0.1) is 0 Å². The number of hydrogen-bond acceptors (Lipinski definition) is 2. The molecule has 0 fully saturated rings. The summed E-state index contributed by atoms with van der Waals surface area (Å²) in [7, 11) is 0. The van der Waals surface area contributed by atoms with Crippen molar-refractivity contribution < 1.29 is 9.53 Å². The smallest absolute Gasteiger partial charge is 0.330 e. The highest BCUT2D eigenvalue weighted by Crippen LogP contribution is 2.05. The lowest BCUT2D eigenvalue weighted by atomic mass is 10.1. The molecule has 0 amide bonds. The van der Waals surface area contributed by atoms with Crippen LogP contribution in [0.1, 0.15) is 52.4 Å². The van der Waals surface area contributed by atoms with Crippen LogP contribution < -0.4 is 0 Å². The van der Waals surface area contributed by atoms with Gasteiger partial charge in [-0.3, -0.25) is 0 Å². The van der Waals surface area contributed by atoms with Crippen LogP contribution in [0.15, 0.2) is 24.3 Å². The summed E-state index contributed by atoms with van der Waals surface area (Å²) in [4.78, 5) is 10.9. The first-order valence-corrected chi connectivity index (χ1v) is 6.31. The summed E-state index contributed by atoms with van der Waals surface area (Å²) in [6.45, 7) is 4.46. The molecule has 2 heteroatoms. The summed E-state index contributed by atoms with van der Waals surface area (Å²) in [5.74, 6) is -0.268. The predicted octanol–water partition coefficient (Wildman–Crippen LogP) is 4.02. The summed E-state index contributed by atoms with van der Waals surface area (Å²) in [5, 5.41) is 0. The lowest BCUT2D eigenvalue weighted by molar-refractivity contribution is -0.137. The lowest BCUT2D eigenvalue weighted by Gasteiger charge is -1.95. The zero-order valence-electron chi connectivity index (χ0n) is 10.6. The highest BCUT2D eigenvalue weighted by Gasteiger charge is 1.90. The van der Waals surface area contributed by atoms with Gasteiger partial charge in [0.05, 0.1) is 6.61 Å². The molecule has 0 bridgehead atoms. The fourth-order valence-electron chi connectivity index (χ4n) is 1.37. The molecule has 16 heavy (non-hydrogen) atoms. The Hall–Kier alpha value is -1.05. The Labute approximate surface area is 99.4 Å². The fourth-order valence-corrected chi connectivity index (χ4v) is 1.37. The van der Waals surface area contributed by atoms with Gasteiger partial charge in [-0.2, -0.15) is 0 Å². The largest absolute Gasteiger partial charge is 0.463 e. The Balaban J connectivity index is 3.36. The molecule has 0 unspecified atom stereocenters. The van der Waals surface area contributed by atoms with E-state index in [1.54, 1.807) is 13.0 Å². The normalized spacial score (nSPS) is 11.4. The van der Waals surface area contributed by atoms with Gasteiger partial charge in [0.15, 0.2) is 0 Å². The maximum atomic E-state index is 10.9. The van der Waals surface area contributed by atoms with Crippen molar-refractivity contribution in [3.05, 3.63) is 24.3 Å². The number of allylic oxidation sites excluding steroid dienone is 3. The highest BCUT2D eigenvalue weighted by molar-refractivity contribution is 5.82. The molecule has 0 radical (unpaired) electrons. The van der Waals surface area contributed by atoms with Gasteiger partial charge in [0.25, 0.3) is 0 Å². The first-order valence-electron chi connectivity index (χ1n) is 6.31. The molecule has 0 N–H and O–H groups in total. The first-order chi connectivity index (χ1) is 7.81. The minimum atomic E-state index is -0.268. The maximum Gasteiger partial charge on any atom is 0.330 e. The van der Waals surface area contributed by atoms with Crippen molar-refractivity contribution in [1.29, 1.82) is 0 Å². The van der Waals surface area contributed by atoms with Crippen LogP contribution in [-0.2, 0) is 9.53 Å². The molecule has 0 aromatic heterocycles. The Morgan fingerprint density at radius 3 is 2.50 bits per heavy atom. The van der Waals surface area contributed by atoms with Gasteiger partial charge in [-0.1, -0.05) is 50.8 Å². The minimum absolute atomic E-state index is 0.268. The average Bonchev–Trinajstić information content (AvgIpc) is 2.27. The van der Waals surface area contributed by atoms with Crippen LogP contribution in [0.4, 0.5) is 0 Å². The van der Waals surface area contributed by atoms with E-state index in [1.807, 2.05) is 6.08 Å². The standard InChI is InChI=1S/C14H24O2/c1-3-5-6-7-8-9-10-11-12-13-14(15)16-4-2/h10-13H,3-9H2,1-2H3/b11-10-,13-12+. The van der Waals surface area contributed by atoms with Crippen LogP contribution in [0.3, 0.4) is 0 Å². The third-order valence-electron chi connectivity index (χ3n) is 2.24. The molecular weight excluding hydrogens is 200 g/mol. The van der Waals surface area contributed by atoms with Crippen molar-refractivity contribution in [3.8, 4) is 0 Å². The Morgan fingerprint density at radius 1 is 1.06 bits per heavy atom. The summed E-state index contributed by atoms with van der Waals surface area (Å²) in [6.07, 6.45) is 14.8. The van der Waals surface area contributed by atoms with Gasteiger partial charge in [0.2, 0.25) is 0 Å². The summed E-state index contributed by atoms with van der Waals surface area (Å²) >= 11 is 0. The number of carbonyl (C=O) groups excluding carboxylic acids is 1. The van der Waals surface area contributed by atoms with Crippen LogP contribution in [-0.4, -0.2) is 12.6 Å². The van der Waals surface area contributed by atoms with E-state index in [4.69, 9.17) is 4.74 Å². The van der Waals surface area contributed by atoms with Crippen molar-refractivity contribution >= 4 is 5.97 Å². The highest BCUT2D eigenvalue weighted by atomic mass is 16.5. The molecule has 0 aromatic carbocycles. The molecular formula is C14H24O2. The number of ether oxygens (including phenoxy) is 1. The van der Waals surface area contributed by atoms with Crippen molar-refractivity contribution in [2.75, 3.05) is 6.61 Å². The number of hydrogen-bond donors (Lipinski definition) is 0. The summed E-state index contributed by atoms with van der Waals surface area (Å²) in [6, 6.07) is 0. The van der Waals surface area contributed by atoms with Gasteiger partial charge in [0.1, 0.15) is 0 Å². The monoisotopic (exact) mass is 224 g/mol. The quantitative estimate of drug-likeness (QED) is 0.256. The van der Waals surface area contributed by atoms with Crippen molar-refractivity contribution in [3.63, 3.8) is 0 Å². The third kappa shape index (κ3) is 11.0.